The van der Waals surface area contributed by atoms with Gasteiger partial charge in [-0.05, 0) is 35.2 Å². The number of para-hydroxylation sites is 1. The van der Waals surface area contributed by atoms with Crippen LogP contribution in [0.1, 0.15) is 48.5 Å². The highest BCUT2D eigenvalue weighted by Gasteiger charge is 2.36. The predicted molar refractivity (Wildman–Crippen MR) is 106 cm³/mol. The average Bonchev–Trinajstić information content (AvgIpc) is 3.25. The number of anilines is 1. The third-order valence-corrected chi connectivity index (χ3v) is 4.76. The van der Waals surface area contributed by atoms with Gasteiger partial charge in [0.15, 0.2) is 6.61 Å². The average molecular weight is 391 g/mol. The quantitative estimate of drug-likeness (QED) is 0.617. The first-order chi connectivity index (χ1) is 13.8. The number of aromatic nitrogens is 2. The van der Waals surface area contributed by atoms with Crippen molar-refractivity contribution in [1.29, 1.82) is 0 Å². The van der Waals surface area contributed by atoms with Crippen molar-refractivity contribution in [3.8, 4) is 5.75 Å². The molecule has 0 radical (unpaired) electrons. The highest BCUT2D eigenvalue weighted by molar-refractivity contribution is 6.52. The molecule has 0 fully saturated rings. The van der Waals surface area contributed by atoms with Gasteiger partial charge in [0, 0.05) is 0 Å². The van der Waals surface area contributed by atoms with E-state index in [1.807, 2.05) is 24.3 Å². The van der Waals surface area contributed by atoms with Gasteiger partial charge in [-0.25, -0.2) is 0 Å². The Morgan fingerprint density at radius 3 is 2.38 bits per heavy atom. The number of amides is 1. The molecule has 7 nitrogen and oxygen atoms in total. The number of ether oxygens (including phenoxy) is 1. The first-order valence-corrected chi connectivity index (χ1v) is 9.33. The number of ketones is 1. The molecule has 1 amide bonds. The van der Waals surface area contributed by atoms with E-state index in [2.05, 4.69) is 31.0 Å². The molecular weight excluding hydrogens is 370 g/mol. The fourth-order valence-corrected chi connectivity index (χ4v) is 3.15. The van der Waals surface area contributed by atoms with E-state index in [0.717, 1.165) is 0 Å². The molecule has 148 valence electrons. The lowest BCUT2D eigenvalue weighted by Crippen LogP contribution is -2.29. The summed E-state index contributed by atoms with van der Waals surface area (Å²) in [5.41, 5.74) is 2.24. The molecule has 3 aromatic rings. The highest BCUT2D eigenvalue weighted by Crippen LogP contribution is 2.30. The van der Waals surface area contributed by atoms with E-state index in [0.29, 0.717) is 22.9 Å². The standard InChI is InChI=1S/C22H21N3O4/c1-22(2,3)14-8-10-15(11-9-14)28-13-19-24-23-18(29-19)12-25-17-7-5-4-6-16(17)20(26)21(25)27/h4-11H,12-13H2,1-3H3. The molecule has 0 unspecified atom stereocenters. The Bertz CT molecular complexity index is 1060. The number of benzene rings is 2. The second kappa shape index (κ2) is 7.16. The van der Waals surface area contributed by atoms with Crippen LogP contribution in [0.5, 0.6) is 5.75 Å². The van der Waals surface area contributed by atoms with Crippen LogP contribution < -0.4 is 9.64 Å². The largest absolute Gasteiger partial charge is 0.484 e. The minimum Gasteiger partial charge on any atom is -0.484 e. The molecule has 0 spiro atoms. The van der Waals surface area contributed by atoms with Crippen LogP contribution in [0.4, 0.5) is 5.69 Å². The van der Waals surface area contributed by atoms with Gasteiger partial charge in [0.05, 0.1) is 11.3 Å². The van der Waals surface area contributed by atoms with E-state index < -0.39 is 11.7 Å². The minimum absolute atomic E-state index is 0.0366. The van der Waals surface area contributed by atoms with E-state index >= 15 is 0 Å². The summed E-state index contributed by atoms with van der Waals surface area (Å²) in [6.07, 6.45) is 0. The molecule has 1 aliphatic rings. The number of carbonyl (C=O) groups is 2. The molecule has 2 aromatic carbocycles. The van der Waals surface area contributed by atoms with E-state index in [4.69, 9.17) is 9.15 Å². The van der Waals surface area contributed by atoms with E-state index in [1.165, 1.54) is 10.5 Å². The zero-order chi connectivity index (χ0) is 20.6. The van der Waals surface area contributed by atoms with Crippen LogP contribution in [0.2, 0.25) is 0 Å². The number of fused-ring (bicyclic) bond motifs is 1. The van der Waals surface area contributed by atoms with Crippen LogP contribution in [0.15, 0.2) is 52.9 Å². The SMILES string of the molecule is CC(C)(C)c1ccc(OCc2nnc(CN3C(=O)C(=O)c4ccccc43)o2)cc1. The number of hydrogen-bond acceptors (Lipinski definition) is 6. The Labute approximate surface area is 168 Å². The highest BCUT2D eigenvalue weighted by atomic mass is 16.5. The molecule has 2 heterocycles. The first kappa shape index (κ1) is 18.9. The number of nitrogens with zero attached hydrogens (tertiary/aromatic N) is 3. The second-order valence-electron chi connectivity index (χ2n) is 7.89. The van der Waals surface area contributed by atoms with Gasteiger partial charge in [0.2, 0.25) is 5.89 Å². The number of rotatable bonds is 5. The van der Waals surface area contributed by atoms with E-state index in [1.54, 1.807) is 24.3 Å². The molecule has 0 saturated heterocycles. The summed E-state index contributed by atoms with van der Waals surface area (Å²) < 4.78 is 11.3. The van der Waals surface area contributed by atoms with Crippen LogP contribution in [0.25, 0.3) is 0 Å². The maximum Gasteiger partial charge on any atom is 0.299 e. The molecule has 0 bridgehead atoms. The van der Waals surface area contributed by atoms with Crippen LogP contribution in [-0.4, -0.2) is 21.9 Å². The van der Waals surface area contributed by atoms with Crippen molar-refractivity contribution in [2.45, 2.75) is 39.3 Å². The van der Waals surface area contributed by atoms with Gasteiger partial charge in [-0.15, -0.1) is 10.2 Å². The number of Topliss-reactive ketones (excluding diaryl/α,β-unsaturated/α-hetero) is 1. The van der Waals surface area contributed by atoms with Gasteiger partial charge in [-0.3, -0.25) is 14.5 Å². The maximum absolute atomic E-state index is 12.2. The first-order valence-electron chi connectivity index (χ1n) is 9.33. The zero-order valence-corrected chi connectivity index (χ0v) is 16.5. The van der Waals surface area contributed by atoms with Crippen molar-refractivity contribution in [3.63, 3.8) is 0 Å². The van der Waals surface area contributed by atoms with Crippen molar-refractivity contribution in [3.05, 3.63) is 71.4 Å². The van der Waals surface area contributed by atoms with Gasteiger partial charge in [-0.1, -0.05) is 45.0 Å². The van der Waals surface area contributed by atoms with Crippen LogP contribution in [-0.2, 0) is 23.4 Å². The summed E-state index contributed by atoms with van der Waals surface area (Å²) in [7, 11) is 0. The van der Waals surface area contributed by atoms with Crippen LogP contribution >= 0.6 is 0 Å². The monoisotopic (exact) mass is 391 g/mol. The van der Waals surface area contributed by atoms with Crippen molar-refractivity contribution in [2.75, 3.05) is 4.90 Å². The van der Waals surface area contributed by atoms with Gasteiger partial charge >= 0.3 is 0 Å². The fraction of sp³-hybridized carbons (Fsp3) is 0.273. The van der Waals surface area contributed by atoms with Crippen LogP contribution in [0, 0.1) is 0 Å². The number of hydrogen-bond donors (Lipinski definition) is 0. The fourth-order valence-electron chi connectivity index (χ4n) is 3.15. The third kappa shape index (κ3) is 3.76. The second-order valence-corrected chi connectivity index (χ2v) is 7.89. The molecule has 0 saturated carbocycles. The Hall–Kier alpha value is -3.48. The molecule has 0 aliphatic carbocycles. The van der Waals surface area contributed by atoms with Crippen molar-refractivity contribution in [1.82, 2.24) is 10.2 Å². The molecule has 29 heavy (non-hydrogen) atoms. The summed E-state index contributed by atoms with van der Waals surface area (Å²) in [4.78, 5) is 25.7. The summed E-state index contributed by atoms with van der Waals surface area (Å²) in [5.74, 6) is 0.117. The predicted octanol–water partition coefficient (Wildman–Crippen LogP) is 3.68. The Balaban J connectivity index is 1.41. The summed E-state index contributed by atoms with van der Waals surface area (Å²) in [5, 5.41) is 7.93. The lowest BCUT2D eigenvalue weighted by molar-refractivity contribution is -0.114. The Kier molecular flexibility index (Phi) is 4.66. The smallest absolute Gasteiger partial charge is 0.299 e. The van der Waals surface area contributed by atoms with Crippen molar-refractivity contribution < 1.29 is 18.7 Å². The zero-order valence-electron chi connectivity index (χ0n) is 16.5. The Morgan fingerprint density at radius 1 is 0.966 bits per heavy atom. The summed E-state index contributed by atoms with van der Waals surface area (Å²) in [6, 6.07) is 14.7. The molecule has 1 aromatic heterocycles. The van der Waals surface area contributed by atoms with Crippen molar-refractivity contribution in [2.24, 2.45) is 0 Å². The van der Waals surface area contributed by atoms with Crippen molar-refractivity contribution >= 4 is 17.4 Å². The topological polar surface area (TPSA) is 85.5 Å². The molecular formula is C22H21N3O4. The van der Waals surface area contributed by atoms with Gasteiger partial charge in [-0.2, -0.15) is 0 Å². The Morgan fingerprint density at radius 2 is 1.66 bits per heavy atom. The molecule has 4 rings (SSSR count). The maximum atomic E-state index is 12.2. The normalized spacial score (nSPS) is 13.7. The molecule has 0 atom stereocenters. The molecule has 0 N–H and O–H groups in total. The summed E-state index contributed by atoms with van der Waals surface area (Å²) in [6.45, 7) is 6.61. The lowest BCUT2D eigenvalue weighted by Gasteiger charge is -2.19. The lowest BCUT2D eigenvalue weighted by atomic mass is 9.87. The molecule has 1 aliphatic heterocycles. The van der Waals surface area contributed by atoms with E-state index in [-0.39, 0.29) is 24.5 Å². The van der Waals surface area contributed by atoms with Gasteiger partial charge in [0.25, 0.3) is 17.6 Å². The van der Waals surface area contributed by atoms with Gasteiger partial charge < -0.3 is 9.15 Å². The third-order valence-electron chi connectivity index (χ3n) is 4.76. The number of carbonyl (C=O) groups excluding carboxylic acids is 2. The minimum atomic E-state index is -0.596. The van der Waals surface area contributed by atoms with E-state index in [9.17, 15) is 9.59 Å². The van der Waals surface area contributed by atoms with Crippen LogP contribution in [0.3, 0.4) is 0 Å². The molecule has 7 heteroatoms. The van der Waals surface area contributed by atoms with Gasteiger partial charge in [0.1, 0.15) is 12.3 Å². The summed E-state index contributed by atoms with van der Waals surface area (Å²) >= 11 is 0.